The highest BCUT2D eigenvalue weighted by atomic mass is 16.5. The van der Waals surface area contributed by atoms with Gasteiger partial charge in [0.2, 0.25) is 12.2 Å². The van der Waals surface area contributed by atoms with Crippen LogP contribution in [0.3, 0.4) is 0 Å². The van der Waals surface area contributed by atoms with Crippen molar-refractivity contribution < 1.29 is 14.3 Å². The molecular formula is C26H36N8O3. The standard InChI is InChI=1S/C26H36N8O3/c1-21(28-26(36)25-27-19-33(30-25)18-22-7-4-3-5-8-22)10-12-34-24(31(2)20-35)17-23(29-34)9-6-11-32-13-15-37-16-14-32/h3-5,7-8,17,19-21H,6,9-16,18H2,1-2H3,(H,28,36). The van der Waals surface area contributed by atoms with E-state index in [-0.39, 0.29) is 17.8 Å². The number of aromatic nitrogens is 5. The van der Waals surface area contributed by atoms with Gasteiger partial charge >= 0.3 is 0 Å². The lowest BCUT2D eigenvalue weighted by atomic mass is 10.2. The van der Waals surface area contributed by atoms with Crippen LogP contribution in [0.5, 0.6) is 0 Å². The molecule has 1 aliphatic rings. The van der Waals surface area contributed by atoms with Gasteiger partial charge in [-0.1, -0.05) is 30.3 Å². The third kappa shape index (κ3) is 7.70. The molecule has 0 aliphatic carbocycles. The molecule has 3 heterocycles. The molecule has 11 heteroatoms. The number of carbonyl (C=O) groups is 2. The van der Waals surface area contributed by atoms with Gasteiger partial charge in [-0.2, -0.15) is 5.10 Å². The Kier molecular flexibility index (Phi) is 9.39. The van der Waals surface area contributed by atoms with Crippen molar-refractivity contribution in [3.05, 3.63) is 59.8 Å². The molecule has 1 atom stereocenters. The minimum absolute atomic E-state index is 0.128. The minimum Gasteiger partial charge on any atom is -0.379 e. The quantitative estimate of drug-likeness (QED) is 0.349. The maximum Gasteiger partial charge on any atom is 0.291 e. The summed E-state index contributed by atoms with van der Waals surface area (Å²) in [5, 5.41) is 12.0. The van der Waals surface area contributed by atoms with Crippen LogP contribution in [0, 0.1) is 0 Å². The molecule has 11 nitrogen and oxygen atoms in total. The molecule has 1 aliphatic heterocycles. The van der Waals surface area contributed by atoms with Crippen LogP contribution in [0.25, 0.3) is 0 Å². The summed E-state index contributed by atoms with van der Waals surface area (Å²) in [4.78, 5) is 32.2. The number of carbonyl (C=O) groups excluding carboxylic acids is 2. The van der Waals surface area contributed by atoms with Gasteiger partial charge in [0.05, 0.1) is 25.5 Å². The zero-order valence-corrected chi connectivity index (χ0v) is 21.6. The SMILES string of the molecule is CC(CCn1nc(CCCN2CCOCC2)cc1N(C)C=O)NC(=O)c1ncn(Cc2ccccc2)n1. The van der Waals surface area contributed by atoms with E-state index in [1.54, 1.807) is 18.1 Å². The highest BCUT2D eigenvalue weighted by molar-refractivity contribution is 5.90. The molecule has 37 heavy (non-hydrogen) atoms. The molecular weight excluding hydrogens is 472 g/mol. The number of rotatable bonds is 13. The minimum atomic E-state index is -0.311. The lowest BCUT2D eigenvalue weighted by Crippen LogP contribution is -2.36. The summed E-state index contributed by atoms with van der Waals surface area (Å²) in [7, 11) is 1.72. The van der Waals surface area contributed by atoms with Crippen LogP contribution in [-0.2, 0) is 29.0 Å². The second kappa shape index (κ2) is 13.1. The van der Waals surface area contributed by atoms with Gasteiger partial charge in [0.1, 0.15) is 12.1 Å². The molecule has 1 aromatic carbocycles. The zero-order valence-electron chi connectivity index (χ0n) is 21.6. The number of hydrogen-bond acceptors (Lipinski definition) is 7. The van der Waals surface area contributed by atoms with Crippen molar-refractivity contribution in [1.29, 1.82) is 0 Å². The topological polar surface area (TPSA) is 110 Å². The molecule has 1 fully saturated rings. The zero-order chi connectivity index (χ0) is 26.0. The summed E-state index contributed by atoms with van der Waals surface area (Å²) in [5.74, 6) is 0.579. The van der Waals surface area contributed by atoms with Crippen LogP contribution in [0.15, 0.2) is 42.7 Å². The Morgan fingerprint density at radius 1 is 1.19 bits per heavy atom. The van der Waals surface area contributed by atoms with Crippen molar-refractivity contribution in [2.45, 2.75) is 45.3 Å². The predicted molar refractivity (Wildman–Crippen MR) is 139 cm³/mol. The smallest absolute Gasteiger partial charge is 0.291 e. The summed E-state index contributed by atoms with van der Waals surface area (Å²) in [6.07, 6.45) is 4.84. The summed E-state index contributed by atoms with van der Waals surface area (Å²) in [6, 6.07) is 11.7. The van der Waals surface area contributed by atoms with Crippen molar-refractivity contribution >= 4 is 18.1 Å². The van der Waals surface area contributed by atoms with Crippen LogP contribution in [0.2, 0.25) is 0 Å². The number of hydrogen-bond donors (Lipinski definition) is 1. The van der Waals surface area contributed by atoms with E-state index < -0.39 is 0 Å². The number of nitrogens with one attached hydrogen (secondary N) is 1. The Labute approximate surface area is 217 Å². The van der Waals surface area contributed by atoms with E-state index in [4.69, 9.17) is 9.84 Å². The Bertz CT molecular complexity index is 1140. The summed E-state index contributed by atoms with van der Waals surface area (Å²) >= 11 is 0. The fourth-order valence-corrected chi connectivity index (χ4v) is 4.31. The van der Waals surface area contributed by atoms with Crippen LogP contribution >= 0.6 is 0 Å². The van der Waals surface area contributed by atoms with Crippen LogP contribution in [0.1, 0.15) is 41.6 Å². The van der Waals surface area contributed by atoms with E-state index in [9.17, 15) is 9.59 Å². The Hall–Kier alpha value is -3.57. The summed E-state index contributed by atoms with van der Waals surface area (Å²) in [6.45, 7) is 7.60. The molecule has 0 radical (unpaired) electrons. The van der Waals surface area contributed by atoms with Crippen LogP contribution in [0.4, 0.5) is 5.82 Å². The summed E-state index contributed by atoms with van der Waals surface area (Å²) < 4.78 is 8.90. The van der Waals surface area contributed by atoms with Crippen molar-refractivity contribution in [3.63, 3.8) is 0 Å². The van der Waals surface area contributed by atoms with Gasteiger partial charge < -0.3 is 15.0 Å². The first-order chi connectivity index (χ1) is 18.0. The average Bonchev–Trinajstić information content (AvgIpc) is 3.55. The number of nitrogens with zero attached hydrogens (tertiary/aromatic N) is 7. The molecule has 0 bridgehead atoms. The lowest BCUT2D eigenvalue weighted by Gasteiger charge is -2.26. The fourth-order valence-electron chi connectivity index (χ4n) is 4.31. The van der Waals surface area contributed by atoms with Gasteiger partial charge in [0.15, 0.2) is 0 Å². The number of morpholine rings is 1. The lowest BCUT2D eigenvalue weighted by molar-refractivity contribution is -0.107. The molecule has 0 saturated carbocycles. The molecule has 2 amide bonds. The largest absolute Gasteiger partial charge is 0.379 e. The number of anilines is 1. The maximum atomic E-state index is 12.7. The number of amides is 2. The van der Waals surface area contributed by atoms with E-state index in [1.807, 2.05) is 48.0 Å². The van der Waals surface area contributed by atoms with E-state index in [0.29, 0.717) is 19.5 Å². The van der Waals surface area contributed by atoms with E-state index in [1.165, 1.54) is 4.90 Å². The first-order valence-corrected chi connectivity index (χ1v) is 12.8. The first-order valence-electron chi connectivity index (χ1n) is 12.8. The maximum absolute atomic E-state index is 12.7. The van der Waals surface area contributed by atoms with Gasteiger partial charge in [0.25, 0.3) is 5.91 Å². The van der Waals surface area contributed by atoms with Gasteiger partial charge in [-0.3, -0.25) is 14.5 Å². The highest BCUT2D eigenvalue weighted by Crippen LogP contribution is 2.17. The predicted octanol–water partition coefficient (Wildman–Crippen LogP) is 1.59. The number of ether oxygens (including phenoxy) is 1. The van der Waals surface area contributed by atoms with E-state index in [0.717, 1.165) is 69.2 Å². The van der Waals surface area contributed by atoms with Crippen molar-refractivity contribution in [3.8, 4) is 0 Å². The molecule has 1 N–H and O–H groups in total. The monoisotopic (exact) mass is 508 g/mol. The Morgan fingerprint density at radius 2 is 1.97 bits per heavy atom. The molecule has 1 saturated heterocycles. The molecule has 4 rings (SSSR count). The van der Waals surface area contributed by atoms with Crippen LogP contribution in [-0.4, -0.2) is 87.7 Å². The highest BCUT2D eigenvalue weighted by Gasteiger charge is 2.17. The molecule has 2 aromatic heterocycles. The molecule has 1 unspecified atom stereocenters. The average molecular weight is 509 g/mol. The second-order valence-electron chi connectivity index (χ2n) is 9.41. The third-order valence-corrected chi connectivity index (χ3v) is 6.42. The summed E-state index contributed by atoms with van der Waals surface area (Å²) in [5.41, 5.74) is 2.05. The van der Waals surface area contributed by atoms with Crippen molar-refractivity contribution in [2.24, 2.45) is 0 Å². The fraction of sp³-hybridized carbons (Fsp3) is 0.500. The van der Waals surface area contributed by atoms with Gasteiger partial charge in [-0.25, -0.2) is 14.3 Å². The Morgan fingerprint density at radius 3 is 2.73 bits per heavy atom. The first kappa shape index (κ1) is 26.5. The normalized spacial score (nSPS) is 14.9. The van der Waals surface area contributed by atoms with Gasteiger partial charge in [-0.15, -0.1) is 5.10 Å². The Balaban J connectivity index is 1.28. The van der Waals surface area contributed by atoms with Gasteiger partial charge in [-0.05, 0) is 38.3 Å². The van der Waals surface area contributed by atoms with Gasteiger partial charge in [0, 0.05) is 38.8 Å². The molecule has 198 valence electrons. The van der Waals surface area contributed by atoms with E-state index >= 15 is 0 Å². The number of aryl methyl sites for hydroxylation is 2. The van der Waals surface area contributed by atoms with Crippen molar-refractivity contribution in [2.75, 3.05) is 44.8 Å². The second-order valence-corrected chi connectivity index (χ2v) is 9.41. The van der Waals surface area contributed by atoms with E-state index in [2.05, 4.69) is 20.3 Å². The van der Waals surface area contributed by atoms with Crippen LogP contribution < -0.4 is 10.2 Å². The molecule has 3 aromatic rings. The van der Waals surface area contributed by atoms with Crippen molar-refractivity contribution in [1.82, 2.24) is 34.8 Å². The third-order valence-electron chi connectivity index (χ3n) is 6.42. The molecule has 0 spiro atoms. The number of benzene rings is 1.